The van der Waals surface area contributed by atoms with Crippen molar-refractivity contribution in [2.24, 2.45) is 0 Å². The first-order valence-corrected chi connectivity index (χ1v) is 7.01. The van der Waals surface area contributed by atoms with Gasteiger partial charge in [-0.1, -0.05) is 19.1 Å². The van der Waals surface area contributed by atoms with Crippen molar-refractivity contribution in [3.63, 3.8) is 0 Å². The molecule has 0 radical (unpaired) electrons. The first-order valence-electron chi connectivity index (χ1n) is 6.13. The number of anilines is 1. The zero-order valence-electron chi connectivity index (χ0n) is 10.8. The summed E-state index contributed by atoms with van der Waals surface area (Å²) in [5.41, 5.74) is 7.72. The van der Waals surface area contributed by atoms with E-state index in [0.29, 0.717) is 0 Å². The number of benzene rings is 1. The molecule has 0 saturated heterocycles. The first kappa shape index (κ1) is 13.1. The summed E-state index contributed by atoms with van der Waals surface area (Å²) >= 11 is 1.69. The highest BCUT2D eigenvalue weighted by molar-refractivity contribution is 7.09. The highest BCUT2D eigenvalue weighted by Gasteiger charge is 2.26. The van der Waals surface area contributed by atoms with Gasteiger partial charge < -0.3 is 11.1 Å². The van der Waals surface area contributed by atoms with Crippen molar-refractivity contribution in [1.82, 2.24) is 10.3 Å². The largest absolute Gasteiger partial charge is 0.399 e. The zero-order valence-corrected chi connectivity index (χ0v) is 11.6. The smallest absolute Gasteiger partial charge is 0.112 e. The predicted molar refractivity (Wildman–Crippen MR) is 77.5 cm³/mol. The van der Waals surface area contributed by atoms with Gasteiger partial charge in [0.05, 0.1) is 5.54 Å². The highest BCUT2D eigenvalue weighted by Crippen LogP contribution is 2.26. The normalized spacial score (nSPS) is 14.3. The minimum atomic E-state index is -0.0707. The maximum atomic E-state index is 5.79. The molecule has 3 N–H and O–H groups in total. The van der Waals surface area contributed by atoms with Crippen LogP contribution in [0.2, 0.25) is 0 Å². The van der Waals surface area contributed by atoms with Crippen LogP contribution in [0, 0.1) is 0 Å². The number of hydrogen-bond acceptors (Lipinski definition) is 4. The Morgan fingerprint density at radius 2 is 2.28 bits per heavy atom. The van der Waals surface area contributed by atoms with Gasteiger partial charge in [-0.05, 0) is 31.0 Å². The molecule has 2 aromatic rings. The van der Waals surface area contributed by atoms with Crippen LogP contribution in [0.1, 0.15) is 30.8 Å². The molecule has 0 saturated carbocycles. The molecule has 0 bridgehead atoms. The summed E-state index contributed by atoms with van der Waals surface area (Å²) in [6, 6.07) is 7.98. The fraction of sp³-hybridized carbons (Fsp3) is 0.357. The van der Waals surface area contributed by atoms with Crippen molar-refractivity contribution in [2.45, 2.75) is 32.4 Å². The molecule has 0 aliphatic carbocycles. The Labute approximate surface area is 112 Å². The molecular formula is C14H19N3S. The van der Waals surface area contributed by atoms with E-state index in [1.807, 2.05) is 29.8 Å². The minimum Gasteiger partial charge on any atom is -0.399 e. The zero-order chi connectivity index (χ0) is 13.0. The van der Waals surface area contributed by atoms with Crippen molar-refractivity contribution in [3.8, 4) is 0 Å². The summed E-state index contributed by atoms with van der Waals surface area (Å²) in [5, 5.41) is 6.74. The lowest BCUT2D eigenvalue weighted by atomic mass is 9.99. The Hall–Kier alpha value is -1.39. The van der Waals surface area contributed by atoms with Gasteiger partial charge in [0.15, 0.2) is 0 Å². The Morgan fingerprint density at radius 1 is 1.44 bits per heavy atom. The van der Waals surface area contributed by atoms with E-state index in [2.05, 4.69) is 30.2 Å². The van der Waals surface area contributed by atoms with Crippen molar-refractivity contribution >= 4 is 17.0 Å². The lowest BCUT2D eigenvalue weighted by Gasteiger charge is -2.27. The Balaban J connectivity index is 2.08. The number of thiazole rings is 1. The Bertz CT molecular complexity index is 496. The minimum absolute atomic E-state index is 0.0707. The van der Waals surface area contributed by atoms with Crippen LogP contribution in [0.25, 0.3) is 0 Å². The van der Waals surface area contributed by atoms with Crippen molar-refractivity contribution < 1.29 is 0 Å². The number of hydrogen-bond donors (Lipinski definition) is 2. The van der Waals surface area contributed by atoms with E-state index in [1.165, 1.54) is 5.56 Å². The van der Waals surface area contributed by atoms with Crippen LogP contribution in [-0.4, -0.2) is 4.98 Å². The van der Waals surface area contributed by atoms with Crippen LogP contribution in [-0.2, 0) is 12.1 Å². The van der Waals surface area contributed by atoms with Gasteiger partial charge in [-0.3, -0.25) is 0 Å². The number of nitrogens with one attached hydrogen (secondary N) is 1. The summed E-state index contributed by atoms with van der Waals surface area (Å²) < 4.78 is 0. The van der Waals surface area contributed by atoms with Crippen LogP contribution in [0.4, 0.5) is 5.69 Å². The molecule has 1 atom stereocenters. The van der Waals surface area contributed by atoms with Gasteiger partial charge in [0, 0.05) is 23.8 Å². The molecular weight excluding hydrogens is 242 g/mol. The van der Waals surface area contributed by atoms with Gasteiger partial charge in [-0.25, -0.2) is 4.98 Å². The van der Waals surface area contributed by atoms with E-state index in [1.54, 1.807) is 11.3 Å². The monoisotopic (exact) mass is 261 g/mol. The van der Waals surface area contributed by atoms with Crippen LogP contribution >= 0.6 is 11.3 Å². The average Bonchev–Trinajstić information content (AvgIpc) is 2.90. The lowest BCUT2D eigenvalue weighted by molar-refractivity contribution is 0.349. The molecule has 0 fully saturated rings. The molecule has 1 aromatic heterocycles. The van der Waals surface area contributed by atoms with Gasteiger partial charge in [-0.2, -0.15) is 0 Å². The van der Waals surface area contributed by atoms with Gasteiger partial charge in [0.2, 0.25) is 0 Å². The second-order valence-corrected chi connectivity index (χ2v) is 5.52. The van der Waals surface area contributed by atoms with Crippen LogP contribution in [0.3, 0.4) is 0 Å². The highest BCUT2D eigenvalue weighted by atomic mass is 32.1. The third-order valence-electron chi connectivity index (χ3n) is 3.25. The summed E-state index contributed by atoms with van der Waals surface area (Å²) in [6.45, 7) is 5.17. The number of nitrogens with zero attached hydrogens (tertiary/aromatic N) is 1. The van der Waals surface area contributed by atoms with E-state index in [-0.39, 0.29) is 5.54 Å². The number of nitrogens with two attached hydrogens (primary N) is 1. The molecule has 1 heterocycles. The quantitative estimate of drug-likeness (QED) is 0.813. The van der Waals surface area contributed by atoms with E-state index in [4.69, 9.17) is 5.73 Å². The van der Waals surface area contributed by atoms with E-state index >= 15 is 0 Å². The van der Waals surface area contributed by atoms with Crippen molar-refractivity contribution in [2.75, 3.05) is 5.73 Å². The maximum Gasteiger partial charge on any atom is 0.112 e. The topological polar surface area (TPSA) is 50.9 Å². The maximum absolute atomic E-state index is 5.79. The van der Waals surface area contributed by atoms with Crippen molar-refractivity contribution in [3.05, 3.63) is 46.4 Å². The van der Waals surface area contributed by atoms with E-state index < -0.39 is 0 Å². The Morgan fingerprint density at radius 3 is 2.89 bits per heavy atom. The molecule has 2 rings (SSSR count). The molecule has 18 heavy (non-hydrogen) atoms. The van der Waals surface area contributed by atoms with Crippen LogP contribution < -0.4 is 11.1 Å². The molecule has 0 aliphatic rings. The summed E-state index contributed by atoms with van der Waals surface area (Å²) in [6.07, 6.45) is 2.86. The van der Waals surface area contributed by atoms with E-state index in [9.17, 15) is 0 Å². The number of rotatable bonds is 5. The SMILES string of the molecule is CCC(C)(NCc1cccc(N)c1)c1nccs1. The van der Waals surface area contributed by atoms with Crippen LogP contribution in [0.5, 0.6) is 0 Å². The Kier molecular flexibility index (Phi) is 3.99. The molecule has 0 spiro atoms. The second kappa shape index (κ2) is 5.50. The standard InChI is InChI=1S/C14H19N3S/c1-3-14(2,13-16-7-8-18-13)17-10-11-5-4-6-12(15)9-11/h4-9,17H,3,10,15H2,1-2H3. The summed E-state index contributed by atoms with van der Waals surface area (Å²) in [5.74, 6) is 0. The molecule has 0 aliphatic heterocycles. The first-order chi connectivity index (χ1) is 8.64. The summed E-state index contributed by atoms with van der Waals surface area (Å²) in [4.78, 5) is 4.42. The van der Waals surface area contributed by atoms with Crippen LogP contribution in [0.15, 0.2) is 35.8 Å². The van der Waals surface area contributed by atoms with Gasteiger partial charge in [0.1, 0.15) is 5.01 Å². The van der Waals surface area contributed by atoms with Crippen molar-refractivity contribution in [1.29, 1.82) is 0 Å². The van der Waals surface area contributed by atoms with Gasteiger partial charge >= 0.3 is 0 Å². The lowest BCUT2D eigenvalue weighted by Crippen LogP contribution is -2.38. The molecule has 0 amide bonds. The fourth-order valence-electron chi connectivity index (χ4n) is 1.85. The predicted octanol–water partition coefficient (Wildman–Crippen LogP) is 3.14. The molecule has 1 aromatic carbocycles. The second-order valence-electron chi connectivity index (χ2n) is 4.62. The number of aromatic nitrogens is 1. The van der Waals surface area contributed by atoms with Gasteiger partial charge in [0.25, 0.3) is 0 Å². The molecule has 4 heteroatoms. The molecule has 96 valence electrons. The molecule has 3 nitrogen and oxygen atoms in total. The fourth-order valence-corrected chi connectivity index (χ4v) is 2.70. The average molecular weight is 261 g/mol. The van der Waals surface area contributed by atoms with E-state index in [0.717, 1.165) is 23.7 Å². The number of nitrogen functional groups attached to an aromatic ring is 1. The summed E-state index contributed by atoms with van der Waals surface area (Å²) in [7, 11) is 0. The third-order valence-corrected chi connectivity index (χ3v) is 4.28. The third kappa shape index (κ3) is 2.89. The molecule has 1 unspecified atom stereocenters. The van der Waals surface area contributed by atoms with Gasteiger partial charge in [-0.15, -0.1) is 11.3 Å².